The summed E-state index contributed by atoms with van der Waals surface area (Å²) in [4.78, 5) is 5.12. The molecule has 1 aromatic rings. The topological polar surface area (TPSA) is 124 Å². The van der Waals surface area contributed by atoms with Gasteiger partial charge in [0, 0.05) is 38.3 Å². The van der Waals surface area contributed by atoms with Gasteiger partial charge in [-0.3, -0.25) is 0 Å². The number of ether oxygens (including phenoxy) is 2. The van der Waals surface area contributed by atoms with Gasteiger partial charge in [0.2, 0.25) is 0 Å². The lowest BCUT2D eigenvalue weighted by atomic mass is 9.74. The maximum atomic E-state index is 10.6. The van der Waals surface area contributed by atoms with Crippen LogP contribution in [0.3, 0.4) is 0 Å². The first kappa shape index (κ1) is 34.7. The zero-order chi connectivity index (χ0) is 32.5. The van der Waals surface area contributed by atoms with E-state index in [9.17, 15) is 20.4 Å². The van der Waals surface area contributed by atoms with Gasteiger partial charge in [0.05, 0.1) is 24.5 Å². The fourth-order valence-electron chi connectivity index (χ4n) is 8.02. The molecule has 8 nitrogen and oxygen atoms in total. The van der Waals surface area contributed by atoms with Crippen LogP contribution in [-0.4, -0.2) is 70.8 Å². The highest BCUT2D eigenvalue weighted by Crippen LogP contribution is 2.49. The molecule has 6 unspecified atom stereocenters. The van der Waals surface area contributed by atoms with E-state index in [0.29, 0.717) is 43.1 Å². The van der Waals surface area contributed by atoms with Crippen molar-refractivity contribution in [3.63, 3.8) is 0 Å². The molecule has 0 radical (unpaired) electrons. The number of rotatable bonds is 18. The second-order valence-corrected chi connectivity index (χ2v) is 13.8. The second kappa shape index (κ2) is 17.0. The van der Waals surface area contributed by atoms with Gasteiger partial charge in [0.15, 0.2) is 23.3 Å². The molecule has 0 bridgehead atoms. The molecule has 2 aliphatic heterocycles. The number of aliphatic imine (C=N–C) groups is 1. The molecule has 5 N–H and O–H groups in total. The Kier molecular flexibility index (Phi) is 12.8. The second-order valence-electron chi connectivity index (χ2n) is 13.8. The first-order chi connectivity index (χ1) is 22.4. The molecular weight excluding hydrogens is 580 g/mol. The number of aliphatic hydroxyl groups is 3. The van der Waals surface area contributed by atoms with Crippen LogP contribution >= 0.6 is 0 Å². The van der Waals surface area contributed by atoms with Crippen LogP contribution in [0.25, 0.3) is 0 Å². The van der Waals surface area contributed by atoms with Crippen LogP contribution in [0.4, 0.5) is 0 Å². The van der Waals surface area contributed by atoms with Gasteiger partial charge in [-0.15, -0.1) is 4.99 Å². The summed E-state index contributed by atoms with van der Waals surface area (Å²) in [6, 6.07) is 6.76. The zero-order valence-corrected chi connectivity index (χ0v) is 27.9. The van der Waals surface area contributed by atoms with E-state index in [1.165, 1.54) is 37.0 Å². The van der Waals surface area contributed by atoms with Crippen molar-refractivity contribution < 1.29 is 29.9 Å². The smallest absolute Gasteiger partial charge is 0.189 e. The third kappa shape index (κ3) is 8.82. The van der Waals surface area contributed by atoms with Gasteiger partial charge in [-0.05, 0) is 75.0 Å². The number of nitrogens with one attached hydrogen (secondary N) is 1. The number of aromatic hydroxyl groups is 1. The van der Waals surface area contributed by atoms with Gasteiger partial charge in [-0.1, -0.05) is 50.9 Å². The summed E-state index contributed by atoms with van der Waals surface area (Å²) in [5.74, 6) is 4.11. The maximum absolute atomic E-state index is 10.6. The molecule has 0 saturated heterocycles. The number of hydrogen-bond donors (Lipinski definition) is 5. The van der Waals surface area contributed by atoms with E-state index in [2.05, 4.69) is 18.3 Å². The Morgan fingerprint density at radius 1 is 1.17 bits per heavy atom. The average Bonchev–Trinajstić information content (AvgIpc) is 3.77. The van der Waals surface area contributed by atoms with E-state index in [-0.39, 0.29) is 31.1 Å². The molecular formula is C38H56N2O6. The van der Waals surface area contributed by atoms with E-state index in [4.69, 9.17) is 14.5 Å². The van der Waals surface area contributed by atoms with E-state index in [0.717, 1.165) is 74.6 Å². The van der Waals surface area contributed by atoms with Gasteiger partial charge < -0.3 is 35.2 Å². The van der Waals surface area contributed by atoms with Crippen molar-refractivity contribution in [1.29, 1.82) is 0 Å². The number of hydrogen-bond acceptors (Lipinski definition) is 8. The van der Waals surface area contributed by atoms with Crippen LogP contribution in [0.15, 0.2) is 46.7 Å². The number of unbranched alkanes of at least 4 members (excludes halogenated alkanes) is 1. The largest absolute Gasteiger partial charge is 0.592 e. The van der Waals surface area contributed by atoms with E-state index >= 15 is 0 Å². The number of benzene rings is 1. The number of fused-ring (bicyclic) bond motifs is 2. The number of aliphatic hydroxyl groups excluding tert-OH is 3. The van der Waals surface area contributed by atoms with Gasteiger partial charge in [-0.25, -0.2) is 0 Å². The van der Waals surface area contributed by atoms with Crippen molar-refractivity contribution >= 4 is 5.71 Å². The molecule has 254 valence electrons. The highest BCUT2D eigenvalue weighted by atomic mass is 16.5. The van der Waals surface area contributed by atoms with Gasteiger partial charge in [-0.2, -0.15) is 12.0 Å². The lowest BCUT2D eigenvalue weighted by Crippen LogP contribution is -2.44. The molecule has 0 amide bonds. The fourth-order valence-corrected chi connectivity index (χ4v) is 8.02. The Hall–Kier alpha value is -2.65. The van der Waals surface area contributed by atoms with Crippen molar-refractivity contribution in [2.45, 2.75) is 116 Å². The highest BCUT2D eigenvalue weighted by molar-refractivity contribution is 6.04. The highest BCUT2D eigenvalue weighted by Gasteiger charge is 2.49. The first-order valence-corrected chi connectivity index (χ1v) is 17.9. The quantitative estimate of drug-likeness (QED) is 0.126. The van der Waals surface area contributed by atoms with Crippen molar-refractivity contribution in [3.8, 4) is 11.5 Å². The molecule has 4 aliphatic rings. The molecule has 1 aromatic carbocycles. The zero-order valence-electron chi connectivity index (χ0n) is 27.9. The van der Waals surface area contributed by atoms with Crippen molar-refractivity contribution in [1.82, 2.24) is 5.32 Å². The van der Waals surface area contributed by atoms with Crippen LogP contribution < -0.4 is 10.1 Å². The number of nitrogens with zero attached hydrogens (tertiary/aromatic N) is 1. The molecule has 2 saturated carbocycles. The normalized spacial score (nSPS) is 25.3. The standard InChI is InChI=1S/C38H56N2O6/c1-3-4-10-36-28(24-42)21-30(46-36)14-11-26-12-16-35(44)37(20-26)45-19-17-29-22-32-33(40-29)15-13-27-7-5-8-31(27)38(32)34(9-6-18-41)39-23-25(2)43/h12,16,20-22,25,27,31,34,36,38-39,41-44H,3-11,13-15,17-19,23-24H2,1-2H3. The third-order valence-corrected chi connectivity index (χ3v) is 10.4. The van der Waals surface area contributed by atoms with Crippen molar-refractivity contribution in [2.75, 3.05) is 26.4 Å². The predicted molar refractivity (Wildman–Crippen MR) is 181 cm³/mol. The van der Waals surface area contributed by atoms with E-state index in [1.54, 1.807) is 6.07 Å². The van der Waals surface area contributed by atoms with Crippen LogP contribution in [0, 0.1) is 29.7 Å². The lowest BCUT2D eigenvalue weighted by Gasteiger charge is -2.32. The SMILES string of the molecule is CCCCC1OC(CCc2ccc(O)c(OCC[C+]3C=C4C(=N3)CCC3CCCC3C4C(CCCO)NCC(C)O)c2)=C[C-]1CO. The minimum atomic E-state index is -0.421. The minimum Gasteiger partial charge on any atom is -0.592 e. The molecule has 5 rings (SSSR count). The van der Waals surface area contributed by atoms with E-state index < -0.39 is 6.10 Å². The Bertz CT molecular complexity index is 1210. The number of phenols is 1. The molecule has 0 spiro atoms. The Labute approximate surface area is 276 Å². The maximum Gasteiger partial charge on any atom is 0.189 e. The summed E-state index contributed by atoms with van der Waals surface area (Å²) >= 11 is 0. The lowest BCUT2D eigenvalue weighted by molar-refractivity contribution is 0.123. The van der Waals surface area contributed by atoms with Crippen LogP contribution in [0.5, 0.6) is 11.5 Å². The molecule has 2 aliphatic carbocycles. The van der Waals surface area contributed by atoms with Crippen molar-refractivity contribution in [3.05, 3.63) is 59.2 Å². The summed E-state index contributed by atoms with van der Waals surface area (Å²) in [6.45, 7) is 5.14. The van der Waals surface area contributed by atoms with Gasteiger partial charge >= 0.3 is 0 Å². The van der Waals surface area contributed by atoms with E-state index in [1.807, 2.05) is 25.1 Å². The van der Waals surface area contributed by atoms with Crippen LogP contribution in [-0.2, 0) is 11.2 Å². The number of aryl methyl sites for hydroxylation is 1. The predicted octanol–water partition coefficient (Wildman–Crippen LogP) is 5.98. The number of phenolic OH excluding ortho intramolecular Hbond substituents is 1. The Morgan fingerprint density at radius 2 is 2.04 bits per heavy atom. The molecule has 2 heterocycles. The molecule has 0 aromatic heterocycles. The molecule has 46 heavy (non-hydrogen) atoms. The van der Waals surface area contributed by atoms with Gasteiger partial charge in [0.1, 0.15) is 12.2 Å². The number of allylic oxidation sites excluding steroid dienone is 1. The molecule has 8 heteroatoms. The Morgan fingerprint density at radius 3 is 2.83 bits per heavy atom. The summed E-state index contributed by atoms with van der Waals surface area (Å²) in [5.41, 5.74) is 3.61. The summed E-state index contributed by atoms with van der Waals surface area (Å²) in [5, 5.41) is 43.7. The third-order valence-electron chi connectivity index (χ3n) is 10.4. The minimum absolute atomic E-state index is 0.0136. The summed E-state index contributed by atoms with van der Waals surface area (Å²) in [6.07, 6.45) is 16.7. The summed E-state index contributed by atoms with van der Waals surface area (Å²) < 4.78 is 12.3. The van der Waals surface area contributed by atoms with Crippen LogP contribution in [0.2, 0.25) is 0 Å². The Balaban J connectivity index is 1.20. The van der Waals surface area contributed by atoms with Gasteiger partial charge in [0.25, 0.3) is 0 Å². The fraction of sp³-hybridized carbons (Fsp3) is 0.658. The monoisotopic (exact) mass is 636 g/mol. The molecule has 2 fully saturated rings. The van der Waals surface area contributed by atoms with Crippen molar-refractivity contribution in [2.24, 2.45) is 22.7 Å². The summed E-state index contributed by atoms with van der Waals surface area (Å²) in [7, 11) is 0. The first-order valence-electron chi connectivity index (χ1n) is 17.9. The van der Waals surface area contributed by atoms with Crippen LogP contribution in [0.1, 0.15) is 96.5 Å². The molecule has 6 atom stereocenters. The average molecular weight is 637 g/mol.